The van der Waals surface area contributed by atoms with Gasteiger partial charge in [0, 0.05) is 28.7 Å². The first kappa shape index (κ1) is 23.3. The van der Waals surface area contributed by atoms with Gasteiger partial charge in [0.25, 0.3) is 5.91 Å². The molecular weight excluding hydrogens is 501 g/mol. The Bertz CT molecular complexity index is 1600. The number of halogens is 2. The van der Waals surface area contributed by atoms with Gasteiger partial charge in [0.1, 0.15) is 5.82 Å². The Morgan fingerprint density at radius 1 is 1.14 bits per heavy atom. The van der Waals surface area contributed by atoms with Gasteiger partial charge >= 0.3 is 0 Å². The molecule has 0 aliphatic carbocycles. The molecule has 0 N–H and O–H groups in total. The number of thiocarbonyl (C=S) groups is 1. The fourth-order valence-corrected chi connectivity index (χ4v) is 5.68. The molecule has 0 bridgehead atoms. The first-order valence-corrected chi connectivity index (χ1v) is 12.3. The number of hydrogen-bond acceptors (Lipinski definition) is 4. The van der Waals surface area contributed by atoms with Crippen molar-refractivity contribution in [2.75, 3.05) is 4.90 Å². The second kappa shape index (κ2) is 9.31. The van der Waals surface area contributed by atoms with E-state index in [2.05, 4.69) is 10.6 Å². The molecule has 4 aromatic rings. The summed E-state index contributed by atoms with van der Waals surface area (Å²) in [5, 5.41) is 10.4. The quantitative estimate of drug-likeness (QED) is 0.214. The number of carbonyl (C=O) groups excluding carboxylic acids is 1. The molecular formula is C27H17ClFN3OS2. The summed E-state index contributed by atoms with van der Waals surface area (Å²) in [6.07, 6.45) is 1.86. The number of thioether (sulfide) groups is 1. The van der Waals surface area contributed by atoms with Gasteiger partial charge in [-0.2, -0.15) is 5.26 Å². The predicted octanol–water partition coefficient (Wildman–Crippen LogP) is 7.07. The van der Waals surface area contributed by atoms with E-state index in [9.17, 15) is 14.4 Å². The maximum atomic E-state index is 13.6. The molecule has 35 heavy (non-hydrogen) atoms. The zero-order chi connectivity index (χ0) is 24.7. The van der Waals surface area contributed by atoms with Crippen molar-refractivity contribution in [3.8, 4) is 6.07 Å². The minimum absolute atomic E-state index is 0.0721. The normalized spacial score (nSPS) is 14.8. The zero-order valence-corrected chi connectivity index (χ0v) is 20.8. The lowest BCUT2D eigenvalue weighted by molar-refractivity contribution is -0.113. The van der Waals surface area contributed by atoms with E-state index in [1.807, 2.05) is 61.5 Å². The maximum absolute atomic E-state index is 13.6. The highest BCUT2D eigenvalue weighted by Crippen LogP contribution is 2.39. The van der Waals surface area contributed by atoms with Crippen molar-refractivity contribution in [1.29, 1.82) is 5.26 Å². The van der Waals surface area contributed by atoms with Crippen LogP contribution in [-0.2, 0) is 11.3 Å². The molecule has 5 rings (SSSR count). The van der Waals surface area contributed by atoms with Crippen LogP contribution in [0, 0.1) is 24.1 Å². The number of amides is 1. The lowest BCUT2D eigenvalue weighted by atomic mass is 10.1. The molecule has 172 valence electrons. The van der Waals surface area contributed by atoms with Gasteiger partial charge < -0.3 is 4.57 Å². The van der Waals surface area contributed by atoms with Gasteiger partial charge in [-0.1, -0.05) is 72.0 Å². The van der Waals surface area contributed by atoms with Gasteiger partial charge in [0.2, 0.25) is 0 Å². The maximum Gasteiger partial charge on any atom is 0.270 e. The van der Waals surface area contributed by atoms with Crippen molar-refractivity contribution < 1.29 is 9.18 Å². The number of fused-ring (bicyclic) bond motifs is 1. The van der Waals surface area contributed by atoms with Gasteiger partial charge in [-0.05, 0) is 48.9 Å². The van der Waals surface area contributed by atoms with Gasteiger partial charge in [-0.15, -0.1) is 0 Å². The Hall–Kier alpha value is -3.44. The number of rotatable bonds is 4. The third-order valence-electron chi connectivity index (χ3n) is 5.98. The Morgan fingerprint density at radius 2 is 1.89 bits per heavy atom. The van der Waals surface area contributed by atoms with Crippen LogP contribution in [0.25, 0.3) is 17.0 Å². The number of hydrogen-bond donors (Lipinski definition) is 0. The van der Waals surface area contributed by atoms with Crippen molar-refractivity contribution >= 4 is 68.5 Å². The van der Waals surface area contributed by atoms with Gasteiger partial charge in [0.05, 0.1) is 27.2 Å². The highest BCUT2D eigenvalue weighted by molar-refractivity contribution is 8.27. The predicted molar refractivity (Wildman–Crippen MR) is 144 cm³/mol. The summed E-state index contributed by atoms with van der Waals surface area (Å²) in [6.45, 7) is 2.53. The Labute approximate surface area is 216 Å². The molecule has 1 fully saturated rings. The van der Waals surface area contributed by atoms with Crippen LogP contribution in [0.1, 0.15) is 22.4 Å². The standard InChI is InChI=1S/C27H17ClFN3OS2/c1-16-21(13-25-26(33)32(27(34)35-25)19-10-11-23(29)22(28)12-19)20-8-4-5-9-24(20)31(16)15-18-7-3-2-6-17(18)14-30/h2-13H,15H2,1H3/b25-13-. The minimum Gasteiger partial charge on any atom is -0.340 e. The molecule has 3 aromatic carbocycles. The van der Waals surface area contributed by atoms with Crippen LogP contribution < -0.4 is 4.90 Å². The molecule has 0 radical (unpaired) electrons. The lowest BCUT2D eigenvalue weighted by Crippen LogP contribution is -2.27. The van der Waals surface area contributed by atoms with E-state index in [1.54, 1.807) is 0 Å². The van der Waals surface area contributed by atoms with Crippen LogP contribution in [0.2, 0.25) is 5.02 Å². The average Bonchev–Trinajstić information content (AvgIpc) is 3.29. The summed E-state index contributed by atoms with van der Waals surface area (Å²) in [5.41, 5.74) is 4.86. The molecule has 1 amide bonds. The number of carbonyl (C=O) groups is 1. The van der Waals surface area contributed by atoms with Crippen LogP contribution in [0.15, 0.2) is 71.6 Å². The van der Waals surface area contributed by atoms with Crippen molar-refractivity contribution in [2.24, 2.45) is 0 Å². The summed E-state index contributed by atoms with van der Waals surface area (Å²) >= 11 is 12.6. The smallest absolute Gasteiger partial charge is 0.270 e. The van der Waals surface area contributed by atoms with Crippen LogP contribution in [-0.4, -0.2) is 14.8 Å². The number of aromatic nitrogens is 1. The molecule has 1 saturated heterocycles. The fourth-order valence-electron chi connectivity index (χ4n) is 4.23. The molecule has 2 heterocycles. The molecule has 0 saturated carbocycles. The molecule has 4 nitrogen and oxygen atoms in total. The number of anilines is 1. The fraction of sp³-hybridized carbons (Fsp3) is 0.0741. The average molecular weight is 518 g/mol. The third-order valence-corrected chi connectivity index (χ3v) is 7.57. The van der Waals surface area contributed by atoms with Crippen molar-refractivity contribution in [2.45, 2.75) is 13.5 Å². The number of benzene rings is 3. The second-order valence-corrected chi connectivity index (χ2v) is 10.1. The molecule has 1 aliphatic heterocycles. The number of nitriles is 1. The van der Waals surface area contributed by atoms with E-state index < -0.39 is 5.82 Å². The molecule has 0 atom stereocenters. The van der Waals surface area contributed by atoms with Crippen LogP contribution >= 0.6 is 35.6 Å². The third kappa shape index (κ3) is 4.14. The largest absolute Gasteiger partial charge is 0.340 e. The highest BCUT2D eigenvalue weighted by Gasteiger charge is 2.34. The van der Waals surface area contributed by atoms with E-state index >= 15 is 0 Å². The summed E-state index contributed by atoms with van der Waals surface area (Å²) in [7, 11) is 0. The molecule has 0 spiro atoms. The topological polar surface area (TPSA) is 49.0 Å². The zero-order valence-electron chi connectivity index (χ0n) is 18.5. The summed E-state index contributed by atoms with van der Waals surface area (Å²) in [5.74, 6) is -0.841. The van der Waals surface area contributed by atoms with Gasteiger partial charge in [0.15, 0.2) is 4.32 Å². The lowest BCUT2D eigenvalue weighted by Gasteiger charge is -2.14. The Kier molecular flexibility index (Phi) is 6.20. The molecule has 8 heteroatoms. The number of nitrogens with zero attached hydrogens (tertiary/aromatic N) is 3. The van der Waals surface area contributed by atoms with Crippen molar-refractivity contribution in [3.05, 3.63) is 105 Å². The molecule has 1 aromatic heterocycles. The van der Waals surface area contributed by atoms with Crippen LogP contribution in [0.4, 0.5) is 10.1 Å². The minimum atomic E-state index is -0.558. The van der Waals surface area contributed by atoms with E-state index in [1.165, 1.54) is 34.9 Å². The first-order valence-electron chi connectivity index (χ1n) is 10.7. The number of para-hydroxylation sites is 1. The van der Waals surface area contributed by atoms with E-state index in [0.717, 1.165) is 27.7 Å². The first-order chi connectivity index (χ1) is 16.9. The van der Waals surface area contributed by atoms with E-state index in [0.29, 0.717) is 27.0 Å². The second-order valence-electron chi connectivity index (χ2n) is 7.99. The monoisotopic (exact) mass is 517 g/mol. The Morgan fingerprint density at radius 3 is 2.66 bits per heavy atom. The molecule has 1 aliphatic rings. The van der Waals surface area contributed by atoms with Crippen molar-refractivity contribution in [3.63, 3.8) is 0 Å². The molecule has 0 unspecified atom stereocenters. The van der Waals surface area contributed by atoms with Gasteiger partial charge in [-0.3, -0.25) is 9.69 Å². The summed E-state index contributed by atoms with van der Waals surface area (Å²) in [6, 6.07) is 21.9. The highest BCUT2D eigenvalue weighted by atomic mass is 35.5. The SMILES string of the molecule is Cc1c(/C=C2\SC(=S)N(c3ccc(F)c(Cl)c3)C2=O)c2ccccc2n1Cc1ccccc1C#N. The van der Waals surface area contributed by atoms with Crippen LogP contribution in [0.5, 0.6) is 0 Å². The summed E-state index contributed by atoms with van der Waals surface area (Å²) < 4.78 is 16.1. The van der Waals surface area contributed by atoms with Crippen molar-refractivity contribution in [1.82, 2.24) is 4.57 Å². The Balaban J connectivity index is 1.58. The van der Waals surface area contributed by atoms with Crippen LogP contribution in [0.3, 0.4) is 0 Å². The van der Waals surface area contributed by atoms with E-state index in [-0.39, 0.29) is 10.9 Å². The summed E-state index contributed by atoms with van der Waals surface area (Å²) in [4.78, 5) is 15.2. The van der Waals surface area contributed by atoms with Gasteiger partial charge in [-0.25, -0.2) is 4.39 Å². The van der Waals surface area contributed by atoms with E-state index in [4.69, 9.17) is 23.8 Å².